The number of carboxylic acid groups (broad SMARTS) is 1. The fourth-order valence-corrected chi connectivity index (χ4v) is 2.60. The summed E-state index contributed by atoms with van der Waals surface area (Å²) >= 11 is 5.87. The van der Waals surface area contributed by atoms with Gasteiger partial charge in [0.1, 0.15) is 11.9 Å². The van der Waals surface area contributed by atoms with E-state index < -0.39 is 23.7 Å². The SMILES string of the molecule is O=C(O)[C@H]1CCCCN1C(=O)C=Cc1c(F)cccc1Cl. The highest BCUT2D eigenvalue weighted by Crippen LogP contribution is 2.21. The van der Waals surface area contributed by atoms with E-state index in [2.05, 4.69) is 0 Å². The van der Waals surface area contributed by atoms with Crippen LogP contribution in [-0.2, 0) is 9.59 Å². The Morgan fingerprint density at radius 1 is 1.38 bits per heavy atom. The lowest BCUT2D eigenvalue weighted by Gasteiger charge is -2.32. The molecule has 0 radical (unpaired) electrons. The maximum absolute atomic E-state index is 13.6. The normalized spacial score (nSPS) is 19.0. The van der Waals surface area contributed by atoms with Gasteiger partial charge in [-0.1, -0.05) is 17.7 Å². The standard InChI is InChI=1S/C15H15ClFNO3/c16-11-4-3-5-12(17)10(11)7-8-14(19)18-9-2-1-6-13(18)15(20)21/h3-5,7-8,13H,1-2,6,9H2,(H,20,21)/t13-/m1/s1. The third-order valence-electron chi connectivity index (χ3n) is 3.46. The van der Waals surface area contributed by atoms with Gasteiger partial charge in [-0.3, -0.25) is 4.79 Å². The van der Waals surface area contributed by atoms with Gasteiger partial charge in [0.25, 0.3) is 0 Å². The minimum atomic E-state index is -1.01. The fraction of sp³-hybridized carbons (Fsp3) is 0.333. The largest absolute Gasteiger partial charge is 0.480 e. The predicted molar refractivity (Wildman–Crippen MR) is 77.4 cm³/mol. The maximum atomic E-state index is 13.6. The summed E-state index contributed by atoms with van der Waals surface area (Å²) in [5, 5.41) is 9.33. The summed E-state index contributed by atoms with van der Waals surface area (Å²) in [7, 11) is 0. The first kappa shape index (κ1) is 15.5. The van der Waals surface area contributed by atoms with Crippen molar-refractivity contribution in [3.8, 4) is 0 Å². The molecule has 112 valence electrons. The van der Waals surface area contributed by atoms with Crippen molar-refractivity contribution in [2.45, 2.75) is 25.3 Å². The van der Waals surface area contributed by atoms with Crippen molar-refractivity contribution < 1.29 is 19.1 Å². The van der Waals surface area contributed by atoms with E-state index in [1.807, 2.05) is 0 Å². The number of carbonyl (C=O) groups excluding carboxylic acids is 1. The van der Waals surface area contributed by atoms with E-state index >= 15 is 0 Å². The second kappa shape index (κ2) is 6.72. The van der Waals surface area contributed by atoms with Crippen molar-refractivity contribution in [1.82, 2.24) is 4.90 Å². The lowest BCUT2D eigenvalue weighted by Crippen LogP contribution is -2.47. The van der Waals surface area contributed by atoms with Crippen molar-refractivity contribution >= 4 is 29.6 Å². The number of carbonyl (C=O) groups is 2. The molecule has 1 aromatic carbocycles. The van der Waals surface area contributed by atoms with E-state index in [0.29, 0.717) is 13.0 Å². The summed E-state index contributed by atoms with van der Waals surface area (Å²) in [6, 6.07) is 3.43. The zero-order chi connectivity index (χ0) is 15.4. The monoisotopic (exact) mass is 311 g/mol. The van der Waals surface area contributed by atoms with Crippen molar-refractivity contribution in [1.29, 1.82) is 0 Å². The summed E-state index contributed by atoms with van der Waals surface area (Å²) < 4.78 is 13.6. The van der Waals surface area contributed by atoms with Crippen LogP contribution in [0.25, 0.3) is 6.08 Å². The van der Waals surface area contributed by atoms with Crippen LogP contribution in [0.3, 0.4) is 0 Å². The summed E-state index contributed by atoms with van der Waals surface area (Å²) in [6.45, 7) is 0.394. The molecule has 1 atom stereocenters. The van der Waals surface area contributed by atoms with Gasteiger partial charge in [-0.05, 0) is 37.5 Å². The highest BCUT2D eigenvalue weighted by Gasteiger charge is 2.30. The van der Waals surface area contributed by atoms with E-state index in [1.54, 1.807) is 0 Å². The molecule has 6 heteroatoms. The lowest BCUT2D eigenvalue weighted by atomic mass is 10.0. The van der Waals surface area contributed by atoms with Crippen molar-refractivity contribution in [3.05, 3.63) is 40.7 Å². The fourth-order valence-electron chi connectivity index (χ4n) is 2.37. The number of carboxylic acids is 1. The van der Waals surface area contributed by atoms with Crippen LogP contribution in [0.5, 0.6) is 0 Å². The second-order valence-corrected chi connectivity index (χ2v) is 5.26. The van der Waals surface area contributed by atoms with Gasteiger partial charge >= 0.3 is 5.97 Å². The van der Waals surface area contributed by atoms with Crippen LogP contribution in [0.1, 0.15) is 24.8 Å². The number of likely N-dealkylation sites (tertiary alicyclic amines) is 1. The van der Waals surface area contributed by atoms with Gasteiger partial charge in [-0.25, -0.2) is 9.18 Å². The molecule has 1 fully saturated rings. The van der Waals surface area contributed by atoms with Gasteiger partial charge in [0.2, 0.25) is 5.91 Å². The van der Waals surface area contributed by atoms with Crippen LogP contribution >= 0.6 is 11.6 Å². The number of benzene rings is 1. The molecule has 1 aromatic rings. The molecule has 1 N–H and O–H groups in total. The summed E-state index contributed by atoms with van der Waals surface area (Å²) in [5.41, 5.74) is 0.122. The Morgan fingerprint density at radius 3 is 2.81 bits per heavy atom. The number of aliphatic carboxylic acids is 1. The molecule has 0 unspecified atom stereocenters. The lowest BCUT2D eigenvalue weighted by molar-refractivity contribution is -0.150. The van der Waals surface area contributed by atoms with Gasteiger partial charge < -0.3 is 10.0 Å². The van der Waals surface area contributed by atoms with Crippen molar-refractivity contribution in [2.75, 3.05) is 6.54 Å². The van der Waals surface area contributed by atoms with Gasteiger partial charge in [-0.2, -0.15) is 0 Å². The average Bonchev–Trinajstić information content (AvgIpc) is 2.46. The summed E-state index contributed by atoms with van der Waals surface area (Å²) in [5.74, 6) is -1.98. The summed E-state index contributed by atoms with van der Waals surface area (Å²) in [6.07, 6.45) is 4.45. The van der Waals surface area contributed by atoms with E-state index in [-0.39, 0.29) is 10.6 Å². The number of hydrogen-bond acceptors (Lipinski definition) is 2. The number of amides is 1. The molecular weight excluding hydrogens is 297 g/mol. The Morgan fingerprint density at radius 2 is 2.14 bits per heavy atom. The van der Waals surface area contributed by atoms with Crippen LogP contribution in [-0.4, -0.2) is 34.5 Å². The Labute approximate surface area is 126 Å². The molecule has 1 aliphatic rings. The molecule has 2 rings (SSSR count). The third kappa shape index (κ3) is 3.61. The van der Waals surface area contributed by atoms with Gasteiger partial charge in [0, 0.05) is 18.2 Å². The van der Waals surface area contributed by atoms with Crippen LogP contribution in [0.4, 0.5) is 4.39 Å². The zero-order valence-electron chi connectivity index (χ0n) is 11.3. The average molecular weight is 312 g/mol. The predicted octanol–water partition coefficient (Wildman–Crippen LogP) is 2.96. The van der Waals surface area contributed by atoms with E-state index in [4.69, 9.17) is 16.7 Å². The molecule has 0 aliphatic carbocycles. The molecule has 1 saturated heterocycles. The highest BCUT2D eigenvalue weighted by molar-refractivity contribution is 6.32. The molecular formula is C15H15ClFNO3. The molecule has 21 heavy (non-hydrogen) atoms. The first-order valence-corrected chi connectivity index (χ1v) is 7.04. The van der Waals surface area contributed by atoms with Crippen LogP contribution in [0.15, 0.2) is 24.3 Å². The number of piperidine rings is 1. The van der Waals surface area contributed by atoms with Gasteiger partial charge in [0.15, 0.2) is 0 Å². The third-order valence-corrected chi connectivity index (χ3v) is 3.79. The molecule has 4 nitrogen and oxygen atoms in total. The Balaban J connectivity index is 2.16. The molecule has 0 saturated carbocycles. The van der Waals surface area contributed by atoms with E-state index in [0.717, 1.165) is 12.8 Å². The molecule has 0 bridgehead atoms. The molecule has 1 aliphatic heterocycles. The highest BCUT2D eigenvalue weighted by atomic mass is 35.5. The molecule has 1 heterocycles. The Kier molecular flexibility index (Phi) is 4.96. The molecule has 0 spiro atoms. The molecule has 1 amide bonds. The summed E-state index contributed by atoms with van der Waals surface area (Å²) in [4.78, 5) is 24.6. The van der Waals surface area contributed by atoms with Gasteiger partial charge in [-0.15, -0.1) is 0 Å². The Hall–Kier alpha value is -1.88. The minimum absolute atomic E-state index is 0.122. The number of rotatable bonds is 3. The van der Waals surface area contributed by atoms with Crippen molar-refractivity contribution in [3.63, 3.8) is 0 Å². The van der Waals surface area contributed by atoms with Crippen LogP contribution < -0.4 is 0 Å². The van der Waals surface area contributed by atoms with E-state index in [9.17, 15) is 14.0 Å². The molecule has 0 aromatic heterocycles. The number of hydrogen-bond donors (Lipinski definition) is 1. The topological polar surface area (TPSA) is 57.6 Å². The minimum Gasteiger partial charge on any atom is -0.480 e. The van der Waals surface area contributed by atoms with Crippen LogP contribution in [0, 0.1) is 5.82 Å². The second-order valence-electron chi connectivity index (χ2n) is 4.85. The first-order valence-electron chi connectivity index (χ1n) is 6.66. The quantitative estimate of drug-likeness (QED) is 0.873. The smallest absolute Gasteiger partial charge is 0.326 e. The first-order chi connectivity index (χ1) is 10.0. The Bertz CT molecular complexity index is 568. The maximum Gasteiger partial charge on any atom is 0.326 e. The van der Waals surface area contributed by atoms with E-state index in [1.165, 1.54) is 35.3 Å². The zero-order valence-corrected chi connectivity index (χ0v) is 12.0. The number of halogens is 2. The van der Waals surface area contributed by atoms with Crippen LogP contribution in [0.2, 0.25) is 5.02 Å². The van der Waals surface area contributed by atoms with Gasteiger partial charge in [0.05, 0.1) is 5.02 Å². The number of nitrogens with zero attached hydrogens (tertiary/aromatic N) is 1. The van der Waals surface area contributed by atoms with Crippen molar-refractivity contribution in [2.24, 2.45) is 0 Å².